The van der Waals surface area contributed by atoms with Gasteiger partial charge in [-0.1, -0.05) is 78.4 Å². The summed E-state index contributed by atoms with van der Waals surface area (Å²) in [6.45, 7) is 4.38. The van der Waals surface area contributed by atoms with Gasteiger partial charge in [0.2, 0.25) is 0 Å². The fourth-order valence-corrected chi connectivity index (χ4v) is 3.46. The Labute approximate surface area is 131 Å². The molecule has 0 aliphatic heterocycles. The zero-order valence-electron chi connectivity index (χ0n) is 12.9. The van der Waals surface area contributed by atoms with Gasteiger partial charge in [-0.05, 0) is 52.1 Å². The van der Waals surface area contributed by atoms with Crippen molar-refractivity contribution in [2.24, 2.45) is 0 Å². The molecule has 0 radical (unpaired) electrons. The van der Waals surface area contributed by atoms with Crippen molar-refractivity contribution < 1.29 is 0 Å². The van der Waals surface area contributed by atoms with Crippen molar-refractivity contribution in [1.29, 1.82) is 0 Å². The summed E-state index contributed by atoms with van der Waals surface area (Å²) in [7, 11) is 0. The maximum absolute atomic E-state index is 2.28. The minimum Gasteiger partial charge on any atom is -0.0616 e. The van der Waals surface area contributed by atoms with Crippen LogP contribution >= 0.6 is 0 Å². The Balaban J connectivity index is 2.26. The van der Waals surface area contributed by atoms with Gasteiger partial charge < -0.3 is 0 Å². The Morgan fingerprint density at radius 1 is 0.545 bits per heavy atom. The molecular weight excluding hydrogens is 264 g/mol. The minimum absolute atomic E-state index is 1.30. The van der Waals surface area contributed by atoms with E-state index in [0.717, 1.165) is 0 Å². The summed E-state index contributed by atoms with van der Waals surface area (Å²) in [5.41, 5.74) is 5.31. The van der Waals surface area contributed by atoms with Crippen LogP contribution in [0.1, 0.15) is 11.1 Å². The summed E-state index contributed by atoms with van der Waals surface area (Å²) >= 11 is 0. The van der Waals surface area contributed by atoms with Crippen LogP contribution in [0.2, 0.25) is 0 Å². The van der Waals surface area contributed by atoms with Crippen molar-refractivity contribution in [1.82, 2.24) is 0 Å². The fraction of sp³-hybridized carbons (Fsp3) is 0.0909. The van der Waals surface area contributed by atoms with Crippen LogP contribution in [0.25, 0.3) is 32.7 Å². The van der Waals surface area contributed by atoms with Gasteiger partial charge in [0.25, 0.3) is 0 Å². The molecule has 0 nitrogen and oxygen atoms in total. The normalized spacial score (nSPS) is 11.2. The van der Waals surface area contributed by atoms with E-state index in [0.29, 0.717) is 0 Å². The molecule has 4 aromatic carbocycles. The van der Waals surface area contributed by atoms with Crippen molar-refractivity contribution in [2.45, 2.75) is 13.8 Å². The van der Waals surface area contributed by atoms with Crippen LogP contribution in [-0.4, -0.2) is 0 Å². The molecule has 0 spiro atoms. The molecular formula is C22H18. The van der Waals surface area contributed by atoms with E-state index >= 15 is 0 Å². The first-order chi connectivity index (χ1) is 10.8. The quantitative estimate of drug-likeness (QED) is 0.360. The molecule has 0 heteroatoms. The Morgan fingerprint density at radius 2 is 1.09 bits per heavy atom. The van der Waals surface area contributed by atoms with Gasteiger partial charge in [0.1, 0.15) is 0 Å². The maximum atomic E-state index is 2.28. The molecule has 4 aromatic rings. The van der Waals surface area contributed by atoms with E-state index in [1.807, 2.05) is 0 Å². The summed E-state index contributed by atoms with van der Waals surface area (Å²) < 4.78 is 0. The van der Waals surface area contributed by atoms with Gasteiger partial charge in [-0.3, -0.25) is 0 Å². The Morgan fingerprint density at radius 3 is 1.64 bits per heavy atom. The van der Waals surface area contributed by atoms with E-state index in [-0.39, 0.29) is 0 Å². The lowest BCUT2D eigenvalue weighted by molar-refractivity contribution is 1.47. The van der Waals surface area contributed by atoms with Gasteiger partial charge in [0, 0.05) is 0 Å². The third kappa shape index (κ3) is 1.92. The number of fused-ring (bicyclic) bond motifs is 2. The molecule has 0 bridgehead atoms. The highest BCUT2D eigenvalue weighted by Crippen LogP contribution is 2.38. The summed E-state index contributed by atoms with van der Waals surface area (Å²) in [6, 6.07) is 26.3. The van der Waals surface area contributed by atoms with Crippen LogP contribution < -0.4 is 0 Å². The highest BCUT2D eigenvalue weighted by Gasteiger charge is 2.12. The lowest BCUT2D eigenvalue weighted by Gasteiger charge is -2.15. The lowest BCUT2D eigenvalue weighted by Crippen LogP contribution is -1.89. The number of aryl methyl sites for hydroxylation is 2. The second-order valence-corrected chi connectivity index (χ2v) is 5.96. The van der Waals surface area contributed by atoms with Gasteiger partial charge in [0.05, 0.1) is 0 Å². The molecule has 0 aliphatic carbocycles. The summed E-state index contributed by atoms with van der Waals surface area (Å²) in [5.74, 6) is 0. The van der Waals surface area contributed by atoms with Gasteiger partial charge in [0.15, 0.2) is 0 Å². The van der Waals surface area contributed by atoms with E-state index in [1.54, 1.807) is 0 Å². The molecule has 0 fully saturated rings. The average Bonchev–Trinajstić information content (AvgIpc) is 2.55. The third-order valence-electron chi connectivity index (χ3n) is 4.51. The summed E-state index contributed by atoms with van der Waals surface area (Å²) in [6.07, 6.45) is 0. The maximum Gasteiger partial charge on any atom is -0.00265 e. The topological polar surface area (TPSA) is 0 Å². The van der Waals surface area contributed by atoms with Crippen LogP contribution in [0.4, 0.5) is 0 Å². The number of hydrogen-bond donors (Lipinski definition) is 0. The third-order valence-corrected chi connectivity index (χ3v) is 4.51. The van der Waals surface area contributed by atoms with Gasteiger partial charge in [-0.2, -0.15) is 0 Å². The second kappa shape index (κ2) is 4.99. The first-order valence-corrected chi connectivity index (χ1v) is 7.73. The monoisotopic (exact) mass is 282 g/mol. The molecule has 0 aliphatic rings. The van der Waals surface area contributed by atoms with Gasteiger partial charge >= 0.3 is 0 Å². The summed E-state index contributed by atoms with van der Waals surface area (Å²) in [4.78, 5) is 0. The van der Waals surface area contributed by atoms with Gasteiger partial charge in [-0.25, -0.2) is 0 Å². The highest BCUT2D eigenvalue weighted by atomic mass is 14.2. The van der Waals surface area contributed by atoms with Crippen LogP contribution in [0.3, 0.4) is 0 Å². The smallest absolute Gasteiger partial charge is 0.00265 e. The molecule has 0 aromatic heterocycles. The average molecular weight is 282 g/mol. The molecule has 0 amide bonds. The SMILES string of the molecule is Cc1cccc(-c2c3ccccc3c(C)c3ccccc23)c1. The molecule has 0 N–H and O–H groups in total. The second-order valence-electron chi connectivity index (χ2n) is 5.96. The van der Waals surface area contributed by atoms with Crippen molar-refractivity contribution in [3.05, 3.63) is 83.9 Å². The molecule has 4 rings (SSSR count). The zero-order valence-corrected chi connectivity index (χ0v) is 12.9. The molecule has 106 valence electrons. The summed E-state index contributed by atoms with van der Waals surface area (Å²) in [5, 5.41) is 5.36. The van der Waals surface area contributed by atoms with E-state index in [4.69, 9.17) is 0 Å². The Hall–Kier alpha value is -2.60. The molecule has 0 unspecified atom stereocenters. The van der Waals surface area contributed by atoms with E-state index in [2.05, 4.69) is 86.6 Å². The van der Waals surface area contributed by atoms with Crippen LogP contribution in [0.5, 0.6) is 0 Å². The number of rotatable bonds is 1. The first-order valence-electron chi connectivity index (χ1n) is 7.73. The van der Waals surface area contributed by atoms with E-state index < -0.39 is 0 Å². The Kier molecular flexibility index (Phi) is 2.97. The molecule has 0 saturated carbocycles. The number of hydrogen-bond acceptors (Lipinski definition) is 0. The van der Waals surface area contributed by atoms with Crippen LogP contribution in [0, 0.1) is 13.8 Å². The lowest BCUT2D eigenvalue weighted by atomic mass is 9.88. The number of benzene rings is 4. The van der Waals surface area contributed by atoms with E-state index in [9.17, 15) is 0 Å². The van der Waals surface area contributed by atoms with Crippen LogP contribution in [0.15, 0.2) is 72.8 Å². The minimum atomic E-state index is 1.30. The zero-order chi connectivity index (χ0) is 15.1. The molecule has 0 atom stereocenters. The molecule has 22 heavy (non-hydrogen) atoms. The molecule has 0 saturated heterocycles. The fourth-order valence-electron chi connectivity index (χ4n) is 3.46. The van der Waals surface area contributed by atoms with Crippen molar-refractivity contribution in [3.63, 3.8) is 0 Å². The first kappa shape index (κ1) is 13.1. The van der Waals surface area contributed by atoms with Crippen LogP contribution in [-0.2, 0) is 0 Å². The van der Waals surface area contributed by atoms with Gasteiger partial charge in [-0.15, -0.1) is 0 Å². The standard InChI is InChI=1S/C22H18/c1-15-8-7-9-17(14-15)22-20-12-5-3-10-18(20)16(2)19-11-4-6-13-21(19)22/h3-14H,1-2H3. The van der Waals surface area contributed by atoms with Crippen molar-refractivity contribution >= 4 is 21.5 Å². The predicted octanol–water partition coefficient (Wildman–Crippen LogP) is 6.28. The van der Waals surface area contributed by atoms with Crippen molar-refractivity contribution in [2.75, 3.05) is 0 Å². The Bertz CT molecular complexity index is 936. The van der Waals surface area contributed by atoms with E-state index in [1.165, 1.54) is 43.8 Å². The van der Waals surface area contributed by atoms with Crippen molar-refractivity contribution in [3.8, 4) is 11.1 Å². The predicted molar refractivity (Wildman–Crippen MR) is 96.4 cm³/mol. The largest absolute Gasteiger partial charge is 0.0616 e. The highest BCUT2D eigenvalue weighted by molar-refractivity contribution is 6.14. The molecule has 0 heterocycles.